The number of nitrogens with zero attached hydrogens (tertiary/aromatic N) is 5. The monoisotopic (exact) mass is 282 g/mol. The first-order valence-electron chi connectivity index (χ1n) is 6.49. The Morgan fingerprint density at radius 3 is 2.76 bits per heavy atom. The zero-order chi connectivity index (χ0) is 15.0. The van der Waals surface area contributed by atoms with Gasteiger partial charge in [0.15, 0.2) is 17.3 Å². The smallest absolute Gasteiger partial charge is 0.254 e. The fourth-order valence-corrected chi connectivity index (χ4v) is 2.08. The fourth-order valence-electron chi connectivity index (χ4n) is 2.08. The number of benzene rings is 1. The first kappa shape index (κ1) is 13.2. The number of nitrogens with two attached hydrogens (primary N) is 1. The highest BCUT2D eigenvalue weighted by atomic mass is 16.2. The third-order valence-electron chi connectivity index (χ3n) is 3.18. The van der Waals surface area contributed by atoms with E-state index >= 15 is 0 Å². The van der Waals surface area contributed by atoms with Crippen molar-refractivity contribution in [3.05, 3.63) is 29.8 Å². The molecular formula is C14H14N6O. The van der Waals surface area contributed by atoms with Crippen molar-refractivity contribution in [2.24, 2.45) is 15.2 Å². The van der Waals surface area contributed by atoms with Crippen molar-refractivity contribution >= 4 is 34.6 Å². The van der Waals surface area contributed by atoms with Crippen molar-refractivity contribution in [1.29, 1.82) is 0 Å². The molecule has 1 aromatic carbocycles. The van der Waals surface area contributed by atoms with Crippen LogP contribution in [0.25, 0.3) is 0 Å². The van der Waals surface area contributed by atoms with Gasteiger partial charge in [0.2, 0.25) is 0 Å². The second-order valence-electron chi connectivity index (χ2n) is 4.87. The normalized spacial score (nSPS) is 14.4. The molecule has 2 aromatic rings. The van der Waals surface area contributed by atoms with Crippen LogP contribution in [0.2, 0.25) is 0 Å². The van der Waals surface area contributed by atoms with E-state index in [1.54, 1.807) is 6.92 Å². The zero-order valence-corrected chi connectivity index (χ0v) is 11.7. The Morgan fingerprint density at radius 1 is 1.24 bits per heavy atom. The Balaban J connectivity index is 2.05. The molecular weight excluding hydrogens is 268 g/mol. The number of anilines is 1. The number of carbonyl (C=O) groups is 1. The number of azo groups is 1. The first-order valence-corrected chi connectivity index (χ1v) is 6.49. The molecule has 1 aromatic heterocycles. The Labute approximate surface area is 121 Å². The quantitative estimate of drug-likeness (QED) is 0.855. The summed E-state index contributed by atoms with van der Waals surface area (Å²) in [6.07, 6.45) is 0.239. The Hall–Kier alpha value is -2.83. The molecule has 0 saturated heterocycles. The second-order valence-corrected chi connectivity index (χ2v) is 4.87. The van der Waals surface area contributed by atoms with Gasteiger partial charge in [-0.2, -0.15) is 9.80 Å². The summed E-state index contributed by atoms with van der Waals surface area (Å²) in [6, 6.07) is 7.60. The molecule has 0 aliphatic carbocycles. The number of aliphatic imine (C=N–C) groups is 1. The van der Waals surface area contributed by atoms with Crippen molar-refractivity contribution in [3.8, 4) is 0 Å². The van der Waals surface area contributed by atoms with E-state index in [0.717, 1.165) is 11.3 Å². The van der Waals surface area contributed by atoms with Crippen LogP contribution in [-0.2, 0) is 0 Å². The van der Waals surface area contributed by atoms with E-state index in [9.17, 15) is 4.79 Å². The predicted molar refractivity (Wildman–Crippen MR) is 80.0 cm³/mol. The second kappa shape index (κ2) is 4.93. The van der Waals surface area contributed by atoms with Crippen molar-refractivity contribution < 1.29 is 4.79 Å². The van der Waals surface area contributed by atoms with Crippen LogP contribution in [0, 0.1) is 6.92 Å². The van der Waals surface area contributed by atoms with Crippen molar-refractivity contribution in [1.82, 2.24) is 9.78 Å². The van der Waals surface area contributed by atoms with Gasteiger partial charge in [0.25, 0.3) is 5.91 Å². The zero-order valence-electron chi connectivity index (χ0n) is 11.7. The highest BCUT2D eigenvalue weighted by Gasteiger charge is 2.24. The molecule has 0 radical (unpaired) electrons. The van der Waals surface area contributed by atoms with Gasteiger partial charge in [-0.05, 0) is 25.5 Å². The lowest BCUT2D eigenvalue weighted by Gasteiger charge is -2.08. The number of rotatable bonds is 2. The third-order valence-corrected chi connectivity index (χ3v) is 3.18. The molecule has 0 saturated carbocycles. The molecule has 0 spiro atoms. The molecule has 0 fully saturated rings. The molecule has 2 N–H and O–H groups in total. The minimum absolute atomic E-state index is 0.147. The van der Waals surface area contributed by atoms with E-state index in [1.165, 1.54) is 4.68 Å². The lowest BCUT2D eigenvalue weighted by Crippen LogP contribution is -2.19. The molecule has 0 unspecified atom stereocenters. The Kier molecular flexibility index (Phi) is 3.09. The van der Waals surface area contributed by atoms with Gasteiger partial charge in [0, 0.05) is 5.71 Å². The standard InChI is InChI=1S/C14H14N6O/c1-8-5-3-4-6-10(8)17-18-12-13(15)19-20-11(21)7-9(2)16-14(12)20/h3-6H,7H2,1-2H3,(H2,15,19). The van der Waals surface area contributed by atoms with E-state index in [1.807, 2.05) is 31.2 Å². The average Bonchev–Trinajstić information content (AvgIpc) is 2.75. The van der Waals surface area contributed by atoms with E-state index in [0.29, 0.717) is 17.2 Å². The van der Waals surface area contributed by atoms with Crippen LogP contribution < -0.4 is 5.73 Å². The van der Waals surface area contributed by atoms with Crippen LogP contribution in [0.1, 0.15) is 23.7 Å². The van der Waals surface area contributed by atoms with Gasteiger partial charge in [-0.1, -0.05) is 18.2 Å². The molecule has 1 aliphatic rings. The summed E-state index contributed by atoms with van der Waals surface area (Å²) in [5.41, 5.74) is 8.59. The van der Waals surface area contributed by atoms with Crippen LogP contribution in [0.4, 0.5) is 23.0 Å². The number of fused-ring (bicyclic) bond motifs is 1. The minimum atomic E-state index is -0.165. The van der Waals surface area contributed by atoms with Gasteiger partial charge in [-0.25, -0.2) is 4.99 Å². The fraction of sp³-hybridized carbons (Fsp3) is 0.214. The highest BCUT2D eigenvalue weighted by molar-refractivity contribution is 6.06. The molecule has 106 valence electrons. The maximum Gasteiger partial charge on any atom is 0.254 e. The SMILES string of the molecule is CC1=Nc2c(N=Nc3ccccc3C)c(N)nn2C(=O)C1. The topological polar surface area (TPSA) is 98.0 Å². The summed E-state index contributed by atoms with van der Waals surface area (Å²) in [5, 5.41) is 12.3. The molecule has 0 amide bonds. The van der Waals surface area contributed by atoms with Crippen molar-refractivity contribution in [2.45, 2.75) is 20.3 Å². The maximum atomic E-state index is 11.9. The van der Waals surface area contributed by atoms with Crippen molar-refractivity contribution in [3.63, 3.8) is 0 Å². The number of nitrogen functional groups attached to an aromatic ring is 1. The van der Waals surface area contributed by atoms with Crippen LogP contribution in [-0.4, -0.2) is 21.4 Å². The highest BCUT2D eigenvalue weighted by Crippen LogP contribution is 2.37. The van der Waals surface area contributed by atoms with Gasteiger partial charge in [0.1, 0.15) is 0 Å². The van der Waals surface area contributed by atoms with Crippen LogP contribution >= 0.6 is 0 Å². The van der Waals surface area contributed by atoms with Crippen LogP contribution in [0.15, 0.2) is 39.5 Å². The summed E-state index contributed by atoms with van der Waals surface area (Å²) in [7, 11) is 0. The van der Waals surface area contributed by atoms with E-state index < -0.39 is 0 Å². The minimum Gasteiger partial charge on any atom is -0.380 e. The van der Waals surface area contributed by atoms with Gasteiger partial charge >= 0.3 is 0 Å². The number of aromatic nitrogens is 2. The third kappa shape index (κ3) is 2.33. The van der Waals surface area contributed by atoms with E-state index in [2.05, 4.69) is 20.3 Å². The Morgan fingerprint density at radius 2 is 2.00 bits per heavy atom. The lowest BCUT2D eigenvalue weighted by molar-refractivity contribution is 0.0906. The number of hydrogen-bond donors (Lipinski definition) is 1. The van der Waals surface area contributed by atoms with E-state index in [4.69, 9.17) is 5.73 Å². The van der Waals surface area contributed by atoms with E-state index in [-0.39, 0.29) is 18.1 Å². The molecule has 0 atom stereocenters. The van der Waals surface area contributed by atoms with Crippen LogP contribution in [0.3, 0.4) is 0 Å². The molecule has 3 rings (SSSR count). The molecule has 21 heavy (non-hydrogen) atoms. The number of hydrogen-bond acceptors (Lipinski definition) is 6. The number of carbonyl (C=O) groups excluding carboxylic acids is 1. The van der Waals surface area contributed by atoms with Gasteiger partial charge in [-0.15, -0.1) is 10.2 Å². The molecule has 2 heterocycles. The summed E-state index contributed by atoms with van der Waals surface area (Å²) in [6.45, 7) is 3.73. The average molecular weight is 282 g/mol. The molecule has 7 nitrogen and oxygen atoms in total. The summed E-state index contributed by atoms with van der Waals surface area (Å²) >= 11 is 0. The van der Waals surface area contributed by atoms with Gasteiger partial charge in [0.05, 0.1) is 12.1 Å². The molecule has 7 heteroatoms. The molecule has 1 aliphatic heterocycles. The maximum absolute atomic E-state index is 11.9. The first-order chi connectivity index (χ1) is 10.1. The van der Waals surface area contributed by atoms with Crippen molar-refractivity contribution in [2.75, 3.05) is 5.73 Å². The largest absolute Gasteiger partial charge is 0.380 e. The summed E-state index contributed by atoms with van der Waals surface area (Å²) in [4.78, 5) is 16.2. The molecule has 0 bridgehead atoms. The summed E-state index contributed by atoms with van der Waals surface area (Å²) in [5.74, 6) is 0.328. The summed E-state index contributed by atoms with van der Waals surface area (Å²) < 4.78 is 1.19. The lowest BCUT2D eigenvalue weighted by atomic mass is 10.2. The Bertz CT molecular complexity index is 787. The van der Waals surface area contributed by atoms with Gasteiger partial charge < -0.3 is 5.73 Å². The van der Waals surface area contributed by atoms with Crippen LogP contribution in [0.5, 0.6) is 0 Å². The predicted octanol–water partition coefficient (Wildman–Crippen LogP) is 3.33. The number of aryl methyl sites for hydroxylation is 1. The van der Waals surface area contributed by atoms with Gasteiger partial charge in [-0.3, -0.25) is 4.79 Å².